The topological polar surface area (TPSA) is 83.1 Å². The molecule has 24 heavy (non-hydrogen) atoms. The number of rotatable bonds is 4. The standard InChI is InChI=1S/C17H14Cl2N2O3/c1-3-6-21-16(23)12(8-20)9(2)14(17(21)24)15(22)11-5-4-10(18)7-13(11)19/h4-5,7,24H,3,6H2,1-2H3. The van der Waals surface area contributed by atoms with Gasteiger partial charge >= 0.3 is 0 Å². The maximum absolute atomic E-state index is 12.8. The third-order valence-corrected chi connectivity index (χ3v) is 4.20. The van der Waals surface area contributed by atoms with Crippen LogP contribution in [0.1, 0.15) is 40.4 Å². The first-order valence-corrected chi connectivity index (χ1v) is 7.95. The van der Waals surface area contributed by atoms with Crippen LogP contribution in [-0.2, 0) is 6.54 Å². The number of benzene rings is 1. The molecule has 0 bridgehead atoms. The van der Waals surface area contributed by atoms with Gasteiger partial charge in [-0.3, -0.25) is 14.2 Å². The van der Waals surface area contributed by atoms with E-state index in [0.29, 0.717) is 11.4 Å². The Hall–Kier alpha value is -2.29. The van der Waals surface area contributed by atoms with E-state index in [9.17, 15) is 20.0 Å². The highest BCUT2D eigenvalue weighted by Crippen LogP contribution is 2.29. The van der Waals surface area contributed by atoms with E-state index in [-0.39, 0.29) is 33.8 Å². The van der Waals surface area contributed by atoms with Gasteiger partial charge < -0.3 is 5.11 Å². The van der Waals surface area contributed by atoms with Crippen LogP contribution in [-0.4, -0.2) is 15.5 Å². The maximum Gasteiger partial charge on any atom is 0.271 e. The first kappa shape index (κ1) is 18.1. The quantitative estimate of drug-likeness (QED) is 0.838. The molecule has 1 N–H and O–H groups in total. The minimum absolute atomic E-state index is 0.108. The molecule has 0 fully saturated rings. The van der Waals surface area contributed by atoms with Crippen molar-refractivity contribution in [3.63, 3.8) is 0 Å². The van der Waals surface area contributed by atoms with E-state index >= 15 is 0 Å². The summed E-state index contributed by atoms with van der Waals surface area (Å²) in [6.07, 6.45) is 0.552. The smallest absolute Gasteiger partial charge is 0.271 e. The minimum Gasteiger partial charge on any atom is -0.494 e. The van der Waals surface area contributed by atoms with Crippen molar-refractivity contribution in [3.8, 4) is 11.9 Å². The second kappa shape index (κ2) is 7.08. The number of carbonyl (C=O) groups excluding carboxylic acids is 1. The van der Waals surface area contributed by atoms with Crippen molar-refractivity contribution in [2.75, 3.05) is 0 Å². The van der Waals surface area contributed by atoms with Gasteiger partial charge in [0.15, 0.2) is 5.78 Å². The van der Waals surface area contributed by atoms with Gasteiger partial charge in [-0.15, -0.1) is 0 Å². The molecule has 1 heterocycles. The fraction of sp³-hybridized carbons (Fsp3) is 0.235. The molecule has 7 heteroatoms. The molecular weight excluding hydrogens is 351 g/mol. The van der Waals surface area contributed by atoms with Crippen LogP contribution >= 0.6 is 23.2 Å². The van der Waals surface area contributed by atoms with Crippen molar-refractivity contribution in [1.82, 2.24) is 4.57 Å². The Bertz CT molecular complexity index is 927. The summed E-state index contributed by atoms with van der Waals surface area (Å²) in [4.78, 5) is 25.1. The summed E-state index contributed by atoms with van der Waals surface area (Å²) in [5.74, 6) is -1.04. The zero-order valence-electron chi connectivity index (χ0n) is 13.1. The number of pyridine rings is 1. The third kappa shape index (κ3) is 3.03. The number of nitriles is 1. The summed E-state index contributed by atoms with van der Waals surface area (Å²) in [5, 5.41) is 20.2. The van der Waals surface area contributed by atoms with Crippen molar-refractivity contribution >= 4 is 29.0 Å². The Balaban J connectivity index is 2.78. The van der Waals surface area contributed by atoms with Crippen LogP contribution in [0.5, 0.6) is 5.88 Å². The van der Waals surface area contributed by atoms with E-state index in [1.54, 1.807) is 0 Å². The third-order valence-electron chi connectivity index (χ3n) is 3.65. The summed E-state index contributed by atoms with van der Waals surface area (Å²) >= 11 is 11.9. The molecule has 0 unspecified atom stereocenters. The summed E-state index contributed by atoms with van der Waals surface area (Å²) in [6, 6.07) is 6.16. The fourth-order valence-corrected chi connectivity index (χ4v) is 2.96. The molecule has 0 atom stereocenters. The summed E-state index contributed by atoms with van der Waals surface area (Å²) in [5.41, 5.74) is -0.639. The molecule has 2 aromatic rings. The summed E-state index contributed by atoms with van der Waals surface area (Å²) in [6.45, 7) is 3.45. The highest BCUT2D eigenvalue weighted by Gasteiger charge is 2.25. The van der Waals surface area contributed by atoms with E-state index in [0.717, 1.165) is 4.57 Å². The highest BCUT2D eigenvalue weighted by atomic mass is 35.5. The molecule has 0 radical (unpaired) electrons. The number of aromatic nitrogens is 1. The number of carbonyl (C=O) groups is 1. The first-order chi connectivity index (χ1) is 11.3. The average Bonchev–Trinajstić information content (AvgIpc) is 2.51. The second-order valence-electron chi connectivity index (χ2n) is 5.22. The van der Waals surface area contributed by atoms with Crippen molar-refractivity contribution in [1.29, 1.82) is 5.26 Å². The number of nitrogens with zero attached hydrogens (tertiary/aromatic N) is 2. The van der Waals surface area contributed by atoms with E-state index in [4.69, 9.17) is 23.2 Å². The molecule has 0 spiro atoms. The van der Waals surface area contributed by atoms with E-state index in [2.05, 4.69) is 0 Å². The maximum atomic E-state index is 12.8. The van der Waals surface area contributed by atoms with Gasteiger partial charge in [0.05, 0.1) is 10.6 Å². The Morgan fingerprint density at radius 1 is 1.38 bits per heavy atom. The van der Waals surface area contributed by atoms with Crippen LogP contribution in [0, 0.1) is 18.3 Å². The molecule has 1 aromatic heterocycles. The molecule has 124 valence electrons. The number of halogens is 2. The minimum atomic E-state index is -0.617. The van der Waals surface area contributed by atoms with Crippen molar-refractivity contribution in [2.45, 2.75) is 26.8 Å². The lowest BCUT2D eigenvalue weighted by Crippen LogP contribution is -2.26. The lowest BCUT2D eigenvalue weighted by atomic mass is 9.97. The van der Waals surface area contributed by atoms with Crippen LogP contribution in [0.3, 0.4) is 0 Å². The van der Waals surface area contributed by atoms with Crippen molar-refractivity contribution < 1.29 is 9.90 Å². The van der Waals surface area contributed by atoms with E-state index in [1.807, 2.05) is 13.0 Å². The molecule has 5 nitrogen and oxygen atoms in total. The van der Waals surface area contributed by atoms with Gasteiger partial charge in [-0.1, -0.05) is 30.1 Å². The molecular formula is C17H14Cl2N2O3. The normalized spacial score (nSPS) is 10.5. The van der Waals surface area contributed by atoms with Gasteiger partial charge in [0, 0.05) is 17.1 Å². The lowest BCUT2D eigenvalue weighted by Gasteiger charge is -2.15. The van der Waals surface area contributed by atoms with Crippen LogP contribution in [0.25, 0.3) is 0 Å². The van der Waals surface area contributed by atoms with Gasteiger partial charge in [-0.2, -0.15) is 5.26 Å². The summed E-state index contributed by atoms with van der Waals surface area (Å²) < 4.78 is 1.03. The molecule has 0 saturated heterocycles. The van der Waals surface area contributed by atoms with Gasteiger partial charge in [0.2, 0.25) is 5.88 Å². The fourth-order valence-electron chi connectivity index (χ4n) is 2.46. The highest BCUT2D eigenvalue weighted by molar-refractivity contribution is 6.37. The second-order valence-corrected chi connectivity index (χ2v) is 6.06. The first-order valence-electron chi connectivity index (χ1n) is 7.19. The Morgan fingerprint density at radius 3 is 2.58 bits per heavy atom. The van der Waals surface area contributed by atoms with Gasteiger partial charge in [0.25, 0.3) is 5.56 Å². The molecule has 1 aromatic carbocycles. The molecule has 0 aliphatic rings. The van der Waals surface area contributed by atoms with E-state index in [1.165, 1.54) is 25.1 Å². The van der Waals surface area contributed by atoms with Gasteiger partial charge in [0.1, 0.15) is 11.6 Å². The molecule has 0 saturated carbocycles. The zero-order valence-corrected chi connectivity index (χ0v) is 14.6. The summed E-state index contributed by atoms with van der Waals surface area (Å²) in [7, 11) is 0. The number of hydrogen-bond donors (Lipinski definition) is 1. The predicted molar refractivity (Wildman–Crippen MR) is 92.0 cm³/mol. The number of aromatic hydroxyl groups is 1. The SMILES string of the molecule is CCCn1c(O)c(C(=O)c2ccc(Cl)cc2Cl)c(C)c(C#N)c1=O. The monoisotopic (exact) mass is 364 g/mol. The Kier molecular flexibility index (Phi) is 5.33. The number of ketones is 1. The molecule has 0 aliphatic heterocycles. The Morgan fingerprint density at radius 2 is 2.04 bits per heavy atom. The van der Waals surface area contributed by atoms with Crippen LogP contribution in [0.15, 0.2) is 23.0 Å². The Labute approximate surface area is 148 Å². The molecule has 0 aliphatic carbocycles. The van der Waals surface area contributed by atoms with E-state index < -0.39 is 17.2 Å². The largest absolute Gasteiger partial charge is 0.494 e. The molecule has 2 rings (SSSR count). The van der Waals surface area contributed by atoms with Crippen LogP contribution in [0.4, 0.5) is 0 Å². The van der Waals surface area contributed by atoms with Gasteiger partial charge in [-0.25, -0.2) is 0 Å². The van der Waals surface area contributed by atoms with Crippen LogP contribution in [0.2, 0.25) is 10.0 Å². The molecule has 0 amide bonds. The lowest BCUT2D eigenvalue weighted by molar-refractivity contribution is 0.103. The predicted octanol–water partition coefficient (Wildman–Crippen LogP) is 3.68. The van der Waals surface area contributed by atoms with Crippen molar-refractivity contribution in [2.24, 2.45) is 0 Å². The number of hydrogen-bond acceptors (Lipinski definition) is 4. The zero-order chi connectivity index (χ0) is 18.0. The van der Waals surface area contributed by atoms with Crippen molar-refractivity contribution in [3.05, 3.63) is 60.9 Å². The van der Waals surface area contributed by atoms with Gasteiger partial charge in [-0.05, 0) is 37.1 Å². The van der Waals surface area contributed by atoms with Crippen LogP contribution < -0.4 is 5.56 Å². The average molecular weight is 365 g/mol.